The second-order valence-corrected chi connectivity index (χ2v) is 5.26. The Labute approximate surface area is 108 Å². The van der Waals surface area contributed by atoms with E-state index in [1.54, 1.807) is 7.11 Å². The minimum absolute atomic E-state index is 0.0827. The third kappa shape index (κ3) is 3.79. The van der Waals surface area contributed by atoms with Gasteiger partial charge in [0, 0.05) is 10.6 Å². The minimum atomic E-state index is -0.0827. The zero-order valence-electron chi connectivity index (χ0n) is 10.9. The predicted molar refractivity (Wildman–Crippen MR) is 74.1 cm³/mol. The maximum absolute atomic E-state index is 6.13. The highest BCUT2D eigenvalue weighted by Gasteiger charge is 2.18. The number of methoxy groups -OCH3 is 1. The van der Waals surface area contributed by atoms with Crippen LogP contribution in [0.15, 0.2) is 12.1 Å². The van der Waals surface area contributed by atoms with E-state index in [0.29, 0.717) is 6.54 Å². The third-order valence-corrected chi connectivity index (χ3v) is 3.13. The molecule has 1 aromatic rings. The van der Waals surface area contributed by atoms with Gasteiger partial charge in [-0.25, -0.2) is 0 Å². The van der Waals surface area contributed by atoms with E-state index in [9.17, 15) is 0 Å². The van der Waals surface area contributed by atoms with Gasteiger partial charge >= 0.3 is 0 Å². The van der Waals surface area contributed by atoms with Crippen LogP contribution in [0, 0.1) is 6.92 Å². The smallest absolute Gasteiger partial charge is 0.142 e. The first-order valence-corrected chi connectivity index (χ1v) is 6.10. The molecular weight excluding hydrogens is 236 g/mol. The van der Waals surface area contributed by atoms with E-state index < -0.39 is 0 Å². The maximum Gasteiger partial charge on any atom is 0.142 e. The lowest BCUT2D eigenvalue weighted by Gasteiger charge is -2.28. The van der Waals surface area contributed by atoms with Gasteiger partial charge in [0.05, 0.1) is 12.8 Å². The molecule has 0 radical (unpaired) electrons. The summed E-state index contributed by atoms with van der Waals surface area (Å²) in [7, 11) is 1.66. The van der Waals surface area contributed by atoms with E-state index in [4.69, 9.17) is 22.1 Å². The molecule has 0 saturated heterocycles. The van der Waals surface area contributed by atoms with Gasteiger partial charge in [-0.15, -0.1) is 0 Å². The molecule has 0 aliphatic rings. The molecule has 0 aliphatic carbocycles. The fourth-order valence-electron chi connectivity index (χ4n) is 1.71. The van der Waals surface area contributed by atoms with Gasteiger partial charge in [0.15, 0.2) is 0 Å². The van der Waals surface area contributed by atoms with E-state index in [2.05, 4.69) is 19.2 Å². The summed E-state index contributed by atoms with van der Waals surface area (Å²) in [6, 6.07) is 3.83. The molecule has 0 aliphatic heterocycles. The molecule has 0 unspecified atom stereocenters. The van der Waals surface area contributed by atoms with Gasteiger partial charge in [0.2, 0.25) is 0 Å². The number of nitrogens with one attached hydrogen (secondary N) is 1. The highest BCUT2D eigenvalue weighted by Crippen LogP contribution is 2.33. The third-order valence-electron chi connectivity index (χ3n) is 2.72. The molecule has 96 valence electrons. The Morgan fingerprint density at radius 2 is 2.06 bits per heavy atom. The van der Waals surface area contributed by atoms with Crippen molar-refractivity contribution >= 4 is 17.3 Å². The maximum atomic E-state index is 6.13. The number of ether oxygens (including phenoxy) is 1. The molecule has 0 aromatic heterocycles. The highest BCUT2D eigenvalue weighted by atomic mass is 35.5. The minimum Gasteiger partial charge on any atom is -0.495 e. The largest absolute Gasteiger partial charge is 0.495 e. The molecule has 0 heterocycles. The second-order valence-electron chi connectivity index (χ2n) is 4.85. The summed E-state index contributed by atoms with van der Waals surface area (Å²) >= 11 is 6.13. The molecule has 0 saturated carbocycles. The van der Waals surface area contributed by atoms with Crippen molar-refractivity contribution in [2.24, 2.45) is 5.73 Å². The fraction of sp³-hybridized carbons (Fsp3) is 0.538. The van der Waals surface area contributed by atoms with Crippen LogP contribution in [0.3, 0.4) is 0 Å². The van der Waals surface area contributed by atoms with Crippen LogP contribution in [0.1, 0.15) is 25.8 Å². The molecule has 1 aromatic carbocycles. The SMILES string of the molecule is COc1cc(C)c(Cl)cc1NC(C)(C)CCN. The summed E-state index contributed by atoms with van der Waals surface area (Å²) in [5, 5.41) is 4.15. The number of halogens is 1. The Hall–Kier alpha value is -0.930. The van der Waals surface area contributed by atoms with E-state index >= 15 is 0 Å². The van der Waals surface area contributed by atoms with E-state index in [1.807, 2.05) is 19.1 Å². The van der Waals surface area contributed by atoms with E-state index in [1.165, 1.54) is 0 Å². The molecule has 3 nitrogen and oxygen atoms in total. The van der Waals surface area contributed by atoms with Crippen molar-refractivity contribution in [3.63, 3.8) is 0 Å². The lowest BCUT2D eigenvalue weighted by molar-refractivity contribution is 0.413. The van der Waals surface area contributed by atoms with Crippen molar-refractivity contribution in [3.8, 4) is 5.75 Å². The second kappa shape index (κ2) is 5.61. The van der Waals surface area contributed by atoms with Crippen molar-refractivity contribution < 1.29 is 4.74 Å². The van der Waals surface area contributed by atoms with Gasteiger partial charge in [-0.05, 0) is 51.4 Å². The van der Waals surface area contributed by atoms with Crippen LogP contribution < -0.4 is 15.8 Å². The number of nitrogens with two attached hydrogens (primary N) is 1. The van der Waals surface area contributed by atoms with Crippen LogP contribution in [0.2, 0.25) is 5.02 Å². The van der Waals surface area contributed by atoms with Gasteiger partial charge in [-0.2, -0.15) is 0 Å². The first kappa shape index (κ1) is 14.1. The van der Waals surface area contributed by atoms with Gasteiger partial charge < -0.3 is 15.8 Å². The van der Waals surface area contributed by atoms with E-state index in [-0.39, 0.29) is 5.54 Å². The Morgan fingerprint density at radius 1 is 1.41 bits per heavy atom. The standard InChI is InChI=1S/C13H21ClN2O/c1-9-7-12(17-4)11(8-10(9)14)16-13(2,3)5-6-15/h7-8,16H,5-6,15H2,1-4H3. The quantitative estimate of drug-likeness (QED) is 0.851. The molecule has 17 heavy (non-hydrogen) atoms. The van der Waals surface area contributed by atoms with Gasteiger partial charge in [0.1, 0.15) is 5.75 Å². The van der Waals surface area contributed by atoms with Crippen LogP contribution >= 0.6 is 11.6 Å². The molecule has 1 rings (SSSR count). The summed E-state index contributed by atoms with van der Waals surface area (Å²) in [5.74, 6) is 0.803. The van der Waals surface area contributed by atoms with Crippen LogP contribution in [0.5, 0.6) is 5.75 Å². The Bertz CT molecular complexity index is 391. The number of anilines is 1. The summed E-state index contributed by atoms with van der Waals surface area (Å²) in [5.41, 5.74) is 7.42. The summed E-state index contributed by atoms with van der Waals surface area (Å²) in [6.07, 6.45) is 0.877. The number of benzene rings is 1. The van der Waals surface area contributed by atoms with Crippen molar-refractivity contribution in [2.75, 3.05) is 19.0 Å². The number of aryl methyl sites for hydroxylation is 1. The Morgan fingerprint density at radius 3 is 2.59 bits per heavy atom. The number of hydrogen-bond donors (Lipinski definition) is 2. The average molecular weight is 257 g/mol. The molecule has 0 bridgehead atoms. The van der Waals surface area contributed by atoms with Crippen LogP contribution in [0.25, 0.3) is 0 Å². The molecule has 4 heteroatoms. The molecule has 3 N–H and O–H groups in total. The zero-order chi connectivity index (χ0) is 13.1. The first-order chi connectivity index (χ1) is 7.89. The zero-order valence-corrected chi connectivity index (χ0v) is 11.7. The first-order valence-electron chi connectivity index (χ1n) is 5.72. The number of rotatable bonds is 5. The van der Waals surface area contributed by atoms with Gasteiger partial charge in [-0.3, -0.25) is 0 Å². The molecule has 0 spiro atoms. The fourth-order valence-corrected chi connectivity index (χ4v) is 1.87. The molecule has 0 atom stereocenters. The van der Waals surface area contributed by atoms with Gasteiger partial charge in [0.25, 0.3) is 0 Å². The van der Waals surface area contributed by atoms with E-state index in [0.717, 1.165) is 28.4 Å². The van der Waals surface area contributed by atoms with Crippen molar-refractivity contribution in [3.05, 3.63) is 22.7 Å². The van der Waals surface area contributed by atoms with Gasteiger partial charge in [-0.1, -0.05) is 11.6 Å². The summed E-state index contributed by atoms with van der Waals surface area (Å²) < 4.78 is 5.35. The topological polar surface area (TPSA) is 47.3 Å². The molecule has 0 amide bonds. The summed E-state index contributed by atoms with van der Waals surface area (Å²) in [4.78, 5) is 0. The van der Waals surface area contributed by atoms with Crippen molar-refractivity contribution in [2.45, 2.75) is 32.7 Å². The van der Waals surface area contributed by atoms with Crippen molar-refractivity contribution in [1.29, 1.82) is 0 Å². The Kier molecular flexibility index (Phi) is 4.66. The monoisotopic (exact) mass is 256 g/mol. The molecular formula is C13H21ClN2O. The number of hydrogen-bond acceptors (Lipinski definition) is 3. The van der Waals surface area contributed by atoms with Crippen LogP contribution in [0.4, 0.5) is 5.69 Å². The summed E-state index contributed by atoms with van der Waals surface area (Å²) in [6.45, 7) is 6.81. The van der Waals surface area contributed by atoms with Crippen molar-refractivity contribution in [1.82, 2.24) is 0 Å². The average Bonchev–Trinajstić information content (AvgIpc) is 2.22. The highest BCUT2D eigenvalue weighted by molar-refractivity contribution is 6.31. The Balaban J connectivity index is 3.01. The van der Waals surface area contributed by atoms with Crippen LogP contribution in [-0.4, -0.2) is 19.2 Å². The normalized spacial score (nSPS) is 11.4. The van der Waals surface area contributed by atoms with Crippen LogP contribution in [-0.2, 0) is 0 Å². The molecule has 0 fully saturated rings. The lowest BCUT2D eigenvalue weighted by Crippen LogP contribution is -2.33. The predicted octanol–water partition coefficient (Wildman–Crippen LogP) is 3.20. The lowest BCUT2D eigenvalue weighted by atomic mass is 10.00.